The number of methoxy groups -OCH3 is 2. The molecule has 4 heterocycles. The summed E-state index contributed by atoms with van der Waals surface area (Å²) in [6, 6.07) is 11.9. The lowest BCUT2D eigenvalue weighted by Gasteiger charge is -2.51. The van der Waals surface area contributed by atoms with Gasteiger partial charge in [-0.05, 0) is 35.6 Å². The summed E-state index contributed by atoms with van der Waals surface area (Å²) in [7, 11) is 3.28. The molecule has 0 saturated carbocycles. The van der Waals surface area contributed by atoms with Crippen molar-refractivity contribution in [1.82, 2.24) is 31.0 Å². The first-order valence-corrected chi connectivity index (χ1v) is 10.6. The first-order chi connectivity index (χ1) is 15.2. The Kier molecular flexibility index (Phi) is 5.39. The number of fused-ring (bicyclic) bond motifs is 3. The van der Waals surface area contributed by atoms with Gasteiger partial charge in [0.1, 0.15) is 11.9 Å². The number of hydrogen-bond donors (Lipinski definition) is 3. The Bertz CT molecular complexity index is 922. The fourth-order valence-electron chi connectivity index (χ4n) is 4.91. The van der Waals surface area contributed by atoms with Gasteiger partial charge in [0, 0.05) is 31.3 Å². The molecule has 9 heteroatoms. The zero-order valence-corrected chi connectivity index (χ0v) is 17.7. The van der Waals surface area contributed by atoms with Gasteiger partial charge in [-0.2, -0.15) is 0 Å². The number of carbonyl (C=O) groups excluding carboxylic acids is 1. The van der Waals surface area contributed by atoms with Gasteiger partial charge in [-0.25, -0.2) is 20.2 Å². The molecule has 1 aromatic carbocycles. The van der Waals surface area contributed by atoms with E-state index in [4.69, 9.17) is 9.47 Å². The summed E-state index contributed by atoms with van der Waals surface area (Å²) in [5.74, 6) is 1.97. The summed E-state index contributed by atoms with van der Waals surface area (Å²) < 4.78 is 10.5. The SMILES string of the molecule is COc1ccc(CN2C(=O)N3NCNC3C3CC(c4ccc(OC)nc4)CNC32)cc1. The minimum atomic E-state index is -0.0364. The number of urea groups is 1. The fourth-order valence-corrected chi connectivity index (χ4v) is 4.91. The Morgan fingerprint density at radius 3 is 2.61 bits per heavy atom. The molecule has 0 bridgehead atoms. The van der Waals surface area contributed by atoms with Gasteiger partial charge in [0.2, 0.25) is 5.88 Å². The van der Waals surface area contributed by atoms with Gasteiger partial charge >= 0.3 is 6.03 Å². The zero-order valence-electron chi connectivity index (χ0n) is 17.7. The third-order valence-electron chi connectivity index (χ3n) is 6.52. The van der Waals surface area contributed by atoms with Gasteiger partial charge in [-0.15, -0.1) is 0 Å². The van der Waals surface area contributed by atoms with E-state index in [1.54, 1.807) is 19.2 Å². The molecule has 2 aromatic rings. The first-order valence-electron chi connectivity index (χ1n) is 10.6. The van der Waals surface area contributed by atoms with Crippen molar-refractivity contribution in [2.45, 2.75) is 31.2 Å². The van der Waals surface area contributed by atoms with Crippen LogP contribution in [-0.2, 0) is 6.54 Å². The average molecular weight is 425 g/mol. The van der Waals surface area contributed by atoms with Crippen LogP contribution in [0.2, 0.25) is 0 Å². The first kappa shape index (κ1) is 20.0. The smallest absolute Gasteiger partial charge is 0.337 e. The number of aromatic nitrogens is 1. The second-order valence-corrected chi connectivity index (χ2v) is 8.20. The van der Waals surface area contributed by atoms with Gasteiger partial charge in [-0.1, -0.05) is 18.2 Å². The van der Waals surface area contributed by atoms with Crippen LogP contribution in [0.5, 0.6) is 11.6 Å². The van der Waals surface area contributed by atoms with Crippen molar-refractivity contribution >= 4 is 6.03 Å². The number of amides is 2. The van der Waals surface area contributed by atoms with E-state index in [-0.39, 0.29) is 24.3 Å². The van der Waals surface area contributed by atoms with Crippen LogP contribution in [0.3, 0.4) is 0 Å². The number of carbonyl (C=O) groups is 1. The summed E-state index contributed by atoms with van der Waals surface area (Å²) in [5.41, 5.74) is 5.45. The topological polar surface area (TPSA) is 91.0 Å². The van der Waals surface area contributed by atoms with Gasteiger partial charge in [0.25, 0.3) is 0 Å². The molecule has 3 saturated heterocycles. The van der Waals surface area contributed by atoms with Crippen LogP contribution in [0.4, 0.5) is 4.79 Å². The number of rotatable bonds is 5. The number of nitrogens with zero attached hydrogens (tertiary/aromatic N) is 3. The molecule has 2 amide bonds. The van der Waals surface area contributed by atoms with Crippen LogP contribution in [0.25, 0.3) is 0 Å². The molecule has 0 radical (unpaired) electrons. The molecule has 1 aromatic heterocycles. The monoisotopic (exact) mass is 424 g/mol. The van der Waals surface area contributed by atoms with Gasteiger partial charge < -0.3 is 14.4 Å². The van der Waals surface area contributed by atoms with Crippen LogP contribution in [0.15, 0.2) is 42.6 Å². The number of nitrogens with one attached hydrogen (secondary N) is 3. The number of hydrogen-bond acceptors (Lipinski definition) is 7. The maximum absolute atomic E-state index is 13.3. The highest BCUT2D eigenvalue weighted by atomic mass is 16.5. The second kappa shape index (κ2) is 8.33. The average Bonchev–Trinajstić information content (AvgIpc) is 3.32. The maximum Gasteiger partial charge on any atom is 0.337 e. The van der Waals surface area contributed by atoms with Crippen LogP contribution in [-0.4, -0.2) is 60.7 Å². The molecule has 0 spiro atoms. The molecule has 3 fully saturated rings. The normalized spacial score (nSPS) is 27.6. The molecule has 4 unspecified atom stereocenters. The number of pyridine rings is 1. The Morgan fingerprint density at radius 2 is 1.90 bits per heavy atom. The minimum Gasteiger partial charge on any atom is -0.497 e. The lowest BCUT2D eigenvalue weighted by molar-refractivity contribution is -0.0171. The van der Waals surface area contributed by atoms with E-state index in [9.17, 15) is 4.79 Å². The van der Waals surface area contributed by atoms with Crippen molar-refractivity contribution in [2.75, 3.05) is 27.4 Å². The summed E-state index contributed by atoms with van der Waals surface area (Å²) in [6.45, 7) is 1.92. The van der Waals surface area contributed by atoms with E-state index in [0.717, 1.165) is 24.3 Å². The largest absolute Gasteiger partial charge is 0.497 e. The number of benzene rings is 1. The van der Waals surface area contributed by atoms with Crippen molar-refractivity contribution in [1.29, 1.82) is 0 Å². The molecular formula is C22H28N6O3. The minimum absolute atomic E-state index is 0.0101. The van der Waals surface area contributed by atoms with Crippen molar-refractivity contribution in [3.63, 3.8) is 0 Å². The molecule has 9 nitrogen and oxygen atoms in total. The van der Waals surface area contributed by atoms with Crippen LogP contribution in [0, 0.1) is 5.92 Å². The predicted octanol–water partition coefficient (Wildman–Crippen LogP) is 1.45. The third kappa shape index (κ3) is 3.69. The van der Waals surface area contributed by atoms with E-state index in [1.165, 1.54) is 5.56 Å². The second-order valence-electron chi connectivity index (χ2n) is 8.20. The van der Waals surface area contributed by atoms with Crippen LogP contribution >= 0.6 is 0 Å². The summed E-state index contributed by atoms with van der Waals surface area (Å²) in [4.78, 5) is 19.6. The van der Waals surface area contributed by atoms with E-state index < -0.39 is 0 Å². The number of hydrazine groups is 1. The summed E-state index contributed by atoms with van der Waals surface area (Å²) >= 11 is 0. The standard InChI is InChI=1S/C22H28N6O3/c1-30-17-6-3-14(4-7-17)12-27-20-18(21-25-13-26-28(21)22(27)29)9-16(11-24-20)15-5-8-19(31-2)23-10-15/h3-8,10,16,18,20-21,24-26H,9,11-13H2,1-2H3. The maximum atomic E-state index is 13.3. The Hall–Kier alpha value is -2.88. The van der Waals surface area contributed by atoms with Gasteiger partial charge in [-0.3, -0.25) is 10.6 Å². The highest BCUT2D eigenvalue weighted by Crippen LogP contribution is 2.37. The molecular weight excluding hydrogens is 396 g/mol. The molecule has 4 atom stereocenters. The van der Waals surface area contributed by atoms with Gasteiger partial charge in [0.05, 0.1) is 27.1 Å². The molecule has 3 aliphatic rings. The summed E-state index contributed by atoms with van der Waals surface area (Å²) in [5, 5.41) is 8.87. The highest BCUT2D eigenvalue weighted by molar-refractivity contribution is 5.76. The lowest BCUT2D eigenvalue weighted by atomic mass is 9.81. The van der Waals surface area contributed by atoms with Crippen molar-refractivity contribution in [3.8, 4) is 11.6 Å². The molecule has 164 valence electrons. The number of ether oxygens (including phenoxy) is 2. The summed E-state index contributed by atoms with van der Waals surface area (Å²) in [6.07, 6.45) is 2.78. The Balaban J connectivity index is 1.38. The highest BCUT2D eigenvalue weighted by Gasteiger charge is 2.51. The molecule has 0 aliphatic carbocycles. The van der Waals surface area contributed by atoms with Crippen LogP contribution < -0.4 is 25.5 Å². The molecule has 3 aliphatic heterocycles. The Labute approximate surface area is 181 Å². The van der Waals surface area contributed by atoms with Crippen molar-refractivity contribution in [3.05, 3.63) is 53.7 Å². The molecule has 3 N–H and O–H groups in total. The quantitative estimate of drug-likeness (QED) is 0.669. The van der Waals surface area contributed by atoms with Crippen LogP contribution in [0.1, 0.15) is 23.5 Å². The van der Waals surface area contributed by atoms with Gasteiger partial charge in [0.15, 0.2) is 0 Å². The zero-order chi connectivity index (χ0) is 21.4. The Morgan fingerprint density at radius 1 is 1.06 bits per heavy atom. The van der Waals surface area contributed by atoms with E-state index >= 15 is 0 Å². The lowest BCUT2D eigenvalue weighted by Crippen LogP contribution is -2.70. The predicted molar refractivity (Wildman–Crippen MR) is 114 cm³/mol. The fraction of sp³-hybridized carbons (Fsp3) is 0.455. The van der Waals surface area contributed by atoms with E-state index in [1.807, 2.05) is 41.4 Å². The molecule has 5 rings (SSSR count). The molecule has 31 heavy (non-hydrogen) atoms. The van der Waals surface area contributed by atoms with E-state index in [0.29, 0.717) is 25.0 Å². The van der Waals surface area contributed by atoms with Crippen molar-refractivity contribution < 1.29 is 14.3 Å². The van der Waals surface area contributed by atoms with Crippen molar-refractivity contribution in [2.24, 2.45) is 5.92 Å². The van der Waals surface area contributed by atoms with E-state index in [2.05, 4.69) is 27.1 Å². The third-order valence-corrected chi connectivity index (χ3v) is 6.52. The number of piperidine rings is 1.